The topological polar surface area (TPSA) is 104 Å². The average Bonchev–Trinajstić information content (AvgIpc) is 3.33. The van der Waals surface area contributed by atoms with Crippen molar-refractivity contribution in [2.45, 2.75) is 6.61 Å². The first-order valence-electron chi connectivity index (χ1n) is 9.08. The highest BCUT2D eigenvalue weighted by molar-refractivity contribution is 6.06. The minimum atomic E-state index is -0.301. The maximum Gasteiger partial charge on any atom is 0.257 e. The number of nitrogens with zero attached hydrogens (tertiary/aromatic N) is 5. The van der Waals surface area contributed by atoms with E-state index in [2.05, 4.69) is 25.8 Å². The Hall–Kier alpha value is -4.27. The molecule has 0 saturated carbocycles. The zero-order valence-corrected chi connectivity index (χ0v) is 16.1. The van der Waals surface area contributed by atoms with Crippen LogP contribution in [0.25, 0.3) is 5.69 Å². The van der Waals surface area contributed by atoms with Gasteiger partial charge in [-0.15, -0.1) is 5.10 Å². The Morgan fingerprint density at radius 3 is 2.77 bits per heavy atom. The molecule has 2 aromatic heterocycles. The lowest BCUT2D eigenvalue weighted by Gasteiger charge is -2.14. The predicted octanol–water partition coefficient (Wildman–Crippen LogP) is 2.90. The zero-order valence-electron chi connectivity index (χ0n) is 16.1. The summed E-state index contributed by atoms with van der Waals surface area (Å²) in [6, 6.07) is 16.0. The van der Waals surface area contributed by atoms with Crippen molar-refractivity contribution >= 4 is 11.6 Å². The lowest BCUT2D eigenvalue weighted by atomic mass is 10.1. The molecule has 2 aromatic carbocycles. The molecule has 1 amide bonds. The fourth-order valence-corrected chi connectivity index (χ4v) is 2.85. The minimum absolute atomic E-state index is 0.301. The summed E-state index contributed by atoms with van der Waals surface area (Å²) in [5.74, 6) is 0.767. The van der Waals surface area contributed by atoms with Crippen LogP contribution in [-0.4, -0.2) is 38.2 Å². The van der Waals surface area contributed by atoms with Crippen LogP contribution >= 0.6 is 0 Å². The summed E-state index contributed by atoms with van der Waals surface area (Å²) < 4.78 is 12.7. The number of benzene rings is 2. The summed E-state index contributed by atoms with van der Waals surface area (Å²) in [4.78, 5) is 17.0. The Bertz CT molecular complexity index is 1130. The van der Waals surface area contributed by atoms with Gasteiger partial charge in [0, 0.05) is 29.7 Å². The number of pyridine rings is 1. The molecule has 150 valence electrons. The van der Waals surface area contributed by atoms with E-state index in [0.717, 1.165) is 5.56 Å². The van der Waals surface area contributed by atoms with Crippen molar-refractivity contribution in [3.63, 3.8) is 0 Å². The van der Waals surface area contributed by atoms with Crippen molar-refractivity contribution in [1.29, 1.82) is 0 Å². The molecule has 0 aliphatic heterocycles. The fourth-order valence-electron chi connectivity index (χ4n) is 2.85. The monoisotopic (exact) mass is 402 g/mol. The van der Waals surface area contributed by atoms with Gasteiger partial charge in [0.15, 0.2) is 11.5 Å². The van der Waals surface area contributed by atoms with E-state index in [-0.39, 0.29) is 5.91 Å². The van der Waals surface area contributed by atoms with Gasteiger partial charge < -0.3 is 14.8 Å². The fraction of sp³-hybridized carbons (Fsp3) is 0.0952. The third-order valence-electron chi connectivity index (χ3n) is 4.28. The largest absolute Gasteiger partial charge is 0.493 e. The number of rotatable bonds is 7. The van der Waals surface area contributed by atoms with E-state index in [1.165, 1.54) is 11.0 Å². The average molecular weight is 402 g/mol. The van der Waals surface area contributed by atoms with Crippen LogP contribution in [0.3, 0.4) is 0 Å². The number of hydrogen-bond acceptors (Lipinski definition) is 7. The molecule has 1 N–H and O–H groups in total. The van der Waals surface area contributed by atoms with E-state index in [1.807, 2.05) is 18.2 Å². The first kappa shape index (κ1) is 19.1. The van der Waals surface area contributed by atoms with Crippen LogP contribution in [0, 0.1) is 0 Å². The van der Waals surface area contributed by atoms with Gasteiger partial charge in [0.1, 0.15) is 12.9 Å². The lowest BCUT2D eigenvalue weighted by molar-refractivity contribution is 0.102. The van der Waals surface area contributed by atoms with E-state index in [1.54, 1.807) is 55.9 Å². The normalized spacial score (nSPS) is 10.4. The van der Waals surface area contributed by atoms with Gasteiger partial charge in [-0.2, -0.15) is 4.68 Å². The first-order valence-corrected chi connectivity index (χ1v) is 9.08. The second kappa shape index (κ2) is 8.82. The molecule has 30 heavy (non-hydrogen) atoms. The highest BCUT2D eigenvalue weighted by atomic mass is 16.5. The van der Waals surface area contributed by atoms with Gasteiger partial charge in [-0.3, -0.25) is 9.78 Å². The minimum Gasteiger partial charge on any atom is -0.493 e. The molecule has 0 spiro atoms. The van der Waals surface area contributed by atoms with E-state index in [9.17, 15) is 4.79 Å². The van der Waals surface area contributed by atoms with Gasteiger partial charge in [0.2, 0.25) is 0 Å². The molecule has 0 atom stereocenters. The van der Waals surface area contributed by atoms with Gasteiger partial charge in [-0.05, 0) is 40.8 Å². The predicted molar refractivity (Wildman–Crippen MR) is 109 cm³/mol. The van der Waals surface area contributed by atoms with Crippen LogP contribution in [0.5, 0.6) is 11.5 Å². The van der Waals surface area contributed by atoms with Crippen LogP contribution in [0.15, 0.2) is 73.3 Å². The molecule has 0 unspecified atom stereocenters. The summed E-state index contributed by atoms with van der Waals surface area (Å²) in [6.07, 6.45) is 4.87. The second-order valence-electron chi connectivity index (χ2n) is 6.24. The van der Waals surface area contributed by atoms with Crippen molar-refractivity contribution in [2.24, 2.45) is 0 Å². The molecule has 2 heterocycles. The zero-order chi connectivity index (χ0) is 20.8. The van der Waals surface area contributed by atoms with Gasteiger partial charge in [-0.25, -0.2) is 0 Å². The number of para-hydroxylation sites is 1. The number of carbonyl (C=O) groups excluding carboxylic acids is 1. The molecular weight excluding hydrogens is 384 g/mol. The highest BCUT2D eigenvalue weighted by Gasteiger charge is 2.15. The SMILES string of the molecule is COc1ccc(NC(=O)c2ccccc2-n2cnnn2)cc1OCc1cccnc1. The number of hydrogen-bond donors (Lipinski definition) is 1. The molecule has 4 rings (SSSR count). The smallest absolute Gasteiger partial charge is 0.257 e. The van der Waals surface area contributed by atoms with E-state index < -0.39 is 0 Å². The molecule has 0 fully saturated rings. The summed E-state index contributed by atoms with van der Waals surface area (Å²) in [5.41, 5.74) is 2.48. The van der Waals surface area contributed by atoms with Crippen LogP contribution in [0.4, 0.5) is 5.69 Å². The maximum absolute atomic E-state index is 12.9. The van der Waals surface area contributed by atoms with Gasteiger partial charge in [0.25, 0.3) is 5.91 Å². The third-order valence-corrected chi connectivity index (χ3v) is 4.28. The van der Waals surface area contributed by atoms with Crippen LogP contribution < -0.4 is 14.8 Å². The lowest BCUT2D eigenvalue weighted by Crippen LogP contribution is -2.15. The Labute approximate surface area is 172 Å². The quantitative estimate of drug-likeness (QED) is 0.507. The number of anilines is 1. The van der Waals surface area contributed by atoms with E-state index in [0.29, 0.717) is 35.0 Å². The Balaban J connectivity index is 1.54. The first-order chi connectivity index (χ1) is 14.7. The molecule has 0 bridgehead atoms. The standard InChI is InChI=1S/C21H18N6O3/c1-29-19-9-8-16(11-20(19)30-13-15-5-4-10-22-12-15)24-21(28)17-6-2-3-7-18(17)27-14-23-25-26-27/h2-12,14H,13H2,1H3,(H,24,28). The number of methoxy groups -OCH3 is 1. The molecule has 0 aliphatic rings. The van der Waals surface area contributed by atoms with Crippen molar-refractivity contribution < 1.29 is 14.3 Å². The van der Waals surface area contributed by atoms with Gasteiger partial charge in [0.05, 0.1) is 18.4 Å². The van der Waals surface area contributed by atoms with E-state index in [4.69, 9.17) is 9.47 Å². The Kier molecular flexibility index (Phi) is 5.61. The van der Waals surface area contributed by atoms with Crippen molar-refractivity contribution in [2.75, 3.05) is 12.4 Å². The molecule has 0 radical (unpaired) electrons. The summed E-state index contributed by atoms with van der Waals surface area (Å²) >= 11 is 0. The molecule has 9 nitrogen and oxygen atoms in total. The molecule has 0 aliphatic carbocycles. The van der Waals surface area contributed by atoms with E-state index >= 15 is 0 Å². The van der Waals surface area contributed by atoms with Crippen LogP contribution in [-0.2, 0) is 6.61 Å². The molecule has 4 aromatic rings. The van der Waals surface area contributed by atoms with Crippen molar-refractivity contribution in [3.05, 3.63) is 84.4 Å². The number of nitrogens with one attached hydrogen (secondary N) is 1. The number of ether oxygens (including phenoxy) is 2. The molecule has 0 saturated heterocycles. The Morgan fingerprint density at radius 2 is 2.00 bits per heavy atom. The van der Waals surface area contributed by atoms with Crippen LogP contribution in [0.1, 0.15) is 15.9 Å². The maximum atomic E-state index is 12.9. The summed E-state index contributed by atoms with van der Waals surface area (Å²) in [6.45, 7) is 0.323. The second-order valence-corrected chi connectivity index (χ2v) is 6.24. The van der Waals surface area contributed by atoms with Crippen molar-refractivity contribution in [1.82, 2.24) is 25.2 Å². The van der Waals surface area contributed by atoms with Crippen molar-refractivity contribution in [3.8, 4) is 17.2 Å². The number of carbonyl (C=O) groups is 1. The number of amides is 1. The third kappa shape index (κ3) is 4.25. The van der Waals surface area contributed by atoms with Gasteiger partial charge in [-0.1, -0.05) is 18.2 Å². The molecular formula is C21H18N6O3. The summed E-state index contributed by atoms with van der Waals surface area (Å²) in [7, 11) is 1.56. The number of tetrazole rings is 1. The summed E-state index contributed by atoms with van der Waals surface area (Å²) in [5, 5.41) is 14.0. The highest BCUT2D eigenvalue weighted by Crippen LogP contribution is 2.31. The number of aromatic nitrogens is 5. The molecule has 9 heteroatoms. The Morgan fingerprint density at radius 1 is 1.10 bits per heavy atom. The van der Waals surface area contributed by atoms with Gasteiger partial charge >= 0.3 is 0 Å². The van der Waals surface area contributed by atoms with Crippen LogP contribution in [0.2, 0.25) is 0 Å².